The Morgan fingerprint density at radius 3 is 2.76 bits per heavy atom. The van der Waals surface area contributed by atoms with Crippen molar-refractivity contribution in [1.29, 1.82) is 5.26 Å². The summed E-state index contributed by atoms with van der Waals surface area (Å²) in [5.41, 5.74) is 0.722. The van der Waals surface area contributed by atoms with Crippen LogP contribution in [0.5, 0.6) is 0 Å². The first-order valence-corrected chi connectivity index (χ1v) is 5.50. The van der Waals surface area contributed by atoms with Crippen molar-refractivity contribution in [2.75, 3.05) is 20.3 Å². The maximum absolute atomic E-state index is 11.8. The highest BCUT2D eigenvalue weighted by molar-refractivity contribution is 5.86. The molecule has 0 aromatic heterocycles. The van der Waals surface area contributed by atoms with Gasteiger partial charge in [-0.25, -0.2) is 0 Å². The van der Waals surface area contributed by atoms with Crippen molar-refractivity contribution in [3.05, 3.63) is 35.9 Å². The minimum atomic E-state index is -0.737. The van der Waals surface area contributed by atoms with E-state index in [2.05, 4.69) is 5.32 Å². The van der Waals surface area contributed by atoms with Crippen LogP contribution in [0.1, 0.15) is 17.9 Å². The van der Waals surface area contributed by atoms with E-state index in [1.807, 2.05) is 24.3 Å². The molecular formula is C13H16N2O2. The molecule has 1 aromatic rings. The molecule has 0 saturated carbocycles. The van der Waals surface area contributed by atoms with E-state index in [-0.39, 0.29) is 5.91 Å². The van der Waals surface area contributed by atoms with E-state index < -0.39 is 5.92 Å². The number of benzene rings is 1. The van der Waals surface area contributed by atoms with Crippen LogP contribution in [-0.4, -0.2) is 26.2 Å². The van der Waals surface area contributed by atoms with E-state index >= 15 is 0 Å². The predicted molar refractivity (Wildman–Crippen MR) is 64.3 cm³/mol. The number of amides is 1. The largest absolute Gasteiger partial charge is 0.385 e. The van der Waals surface area contributed by atoms with Gasteiger partial charge in [-0.2, -0.15) is 5.26 Å². The van der Waals surface area contributed by atoms with Crippen LogP contribution in [0, 0.1) is 11.3 Å². The first-order chi connectivity index (χ1) is 8.29. The maximum atomic E-state index is 11.8. The Labute approximate surface area is 101 Å². The van der Waals surface area contributed by atoms with Crippen molar-refractivity contribution in [3.8, 4) is 6.07 Å². The number of nitrogens with one attached hydrogen (secondary N) is 1. The number of methoxy groups -OCH3 is 1. The lowest BCUT2D eigenvalue weighted by Gasteiger charge is -2.10. The fourth-order valence-electron chi connectivity index (χ4n) is 1.46. The second kappa shape index (κ2) is 7.42. The molecule has 17 heavy (non-hydrogen) atoms. The molecule has 1 rings (SSSR count). The summed E-state index contributed by atoms with van der Waals surface area (Å²) in [7, 11) is 1.61. The Morgan fingerprint density at radius 2 is 2.18 bits per heavy atom. The lowest BCUT2D eigenvalue weighted by molar-refractivity contribution is -0.121. The Kier molecular flexibility index (Phi) is 5.76. The van der Waals surface area contributed by atoms with Crippen LogP contribution < -0.4 is 5.32 Å². The minimum absolute atomic E-state index is 0.255. The van der Waals surface area contributed by atoms with E-state index in [4.69, 9.17) is 10.00 Å². The summed E-state index contributed by atoms with van der Waals surface area (Å²) >= 11 is 0. The second-order valence-corrected chi connectivity index (χ2v) is 3.61. The molecular weight excluding hydrogens is 216 g/mol. The fourth-order valence-corrected chi connectivity index (χ4v) is 1.46. The van der Waals surface area contributed by atoms with Crippen molar-refractivity contribution in [3.63, 3.8) is 0 Å². The summed E-state index contributed by atoms with van der Waals surface area (Å²) in [6.45, 7) is 1.13. The van der Waals surface area contributed by atoms with Gasteiger partial charge in [-0.15, -0.1) is 0 Å². The zero-order valence-corrected chi connectivity index (χ0v) is 9.85. The molecule has 1 amide bonds. The summed E-state index contributed by atoms with van der Waals surface area (Å²) in [6.07, 6.45) is 0.745. The normalized spacial score (nSPS) is 11.5. The molecule has 90 valence electrons. The third-order valence-corrected chi connectivity index (χ3v) is 2.35. The van der Waals surface area contributed by atoms with E-state index in [0.717, 1.165) is 12.0 Å². The van der Waals surface area contributed by atoms with Crippen LogP contribution >= 0.6 is 0 Å². The Balaban J connectivity index is 2.52. The fraction of sp³-hybridized carbons (Fsp3) is 0.385. The van der Waals surface area contributed by atoms with E-state index in [1.54, 1.807) is 19.2 Å². The molecule has 0 fully saturated rings. The lowest BCUT2D eigenvalue weighted by atomic mass is 10.00. The molecule has 0 aliphatic heterocycles. The van der Waals surface area contributed by atoms with Gasteiger partial charge in [0.1, 0.15) is 5.92 Å². The van der Waals surface area contributed by atoms with Crippen LogP contribution in [0.3, 0.4) is 0 Å². The number of nitrogens with zero attached hydrogens (tertiary/aromatic N) is 1. The smallest absolute Gasteiger partial charge is 0.241 e. The topological polar surface area (TPSA) is 62.1 Å². The summed E-state index contributed by atoms with van der Waals surface area (Å²) < 4.78 is 4.88. The van der Waals surface area contributed by atoms with E-state index in [0.29, 0.717) is 13.2 Å². The number of hydrogen-bond donors (Lipinski definition) is 1. The molecule has 1 unspecified atom stereocenters. The summed E-state index contributed by atoms with van der Waals surface area (Å²) in [5, 5.41) is 11.7. The number of nitriles is 1. The SMILES string of the molecule is COCCCNC(=O)C(C#N)c1ccccc1. The summed E-state index contributed by atoms with van der Waals surface area (Å²) in [5.74, 6) is -0.992. The number of ether oxygens (including phenoxy) is 1. The van der Waals surface area contributed by atoms with Gasteiger partial charge in [-0.3, -0.25) is 4.79 Å². The van der Waals surface area contributed by atoms with Gasteiger partial charge in [0.05, 0.1) is 6.07 Å². The maximum Gasteiger partial charge on any atom is 0.241 e. The van der Waals surface area contributed by atoms with Crippen LogP contribution in [0.2, 0.25) is 0 Å². The second-order valence-electron chi connectivity index (χ2n) is 3.61. The third-order valence-electron chi connectivity index (χ3n) is 2.35. The summed E-state index contributed by atoms with van der Waals surface area (Å²) in [6, 6.07) is 11.1. The first kappa shape index (κ1) is 13.2. The Morgan fingerprint density at radius 1 is 1.47 bits per heavy atom. The van der Waals surface area contributed by atoms with Crippen molar-refractivity contribution in [2.45, 2.75) is 12.3 Å². The molecule has 1 aromatic carbocycles. The number of rotatable bonds is 6. The molecule has 0 radical (unpaired) electrons. The minimum Gasteiger partial charge on any atom is -0.385 e. The Hall–Kier alpha value is -1.86. The number of hydrogen-bond acceptors (Lipinski definition) is 3. The van der Waals surface area contributed by atoms with Crippen molar-refractivity contribution in [1.82, 2.24) is 5.32 Å². The molecule has 1 N–H and O–H groups in total. The van der Waals surface area contributed by atoms with Crippen molar-refractivity contribution < 1.29 is 9.53 Å². The van der Waals surface area contributed by atoms with Crippen molar-refractivity contribution in [2.24, 2.45) is 0 Å². The van der Waals surface area contributed by atoms with Gasteiger partial charge in [0.15, 0.2) is 0 Å². The standard InChI is InChI=1S/C13H16N2O2/c1-17-9-5-8-15-13(16)12(10-14)11-6-3-2-4-7-11/h2-4,6-7,12H,5,8-9H2,1H3,(H,15,16). The van der Waals surface area contributed by atoms with Crippen LogP contribution in [0.4, 0.5) is 0 Å². The predicted octanol–water partition coefficient (Wildman–Crippen LogP) is 1.45. The molecule has 0 heterocycles. The molecule has 0 aliphatic rings. The third kappa shape index (κ3) is 4.25. The monoisotopic (exact) mass is 232 g/mol. The first-order valence-electron chi connectivity index (χ1n) is 5.50. The Bertz CT molecular complexity index is 384. The zero-order chi connectivity index (χ0) is 12.5. The van der Waals surface area contributed by atoms with Gasteiger partial charge in [0.2, 0.25) is 5.91 Å². The average Bonchev–Trinajstić information content (AvgIpc) is 2.37. The average molecular weight is 232 g/mol. The quantitative estimate of drug-likeness (QED) is 0.755. The molecule has 4 heteroatoms. The molecule has 0 bridgehead atoms. The molecule has 4 nitrogen and oxygen atoms in total. The van der Waals surface area contributed by atoms with Crippen LogP contribution in [0.15, 0.2) is 30.3 Å². The lowest BCUT2D eigenvalue weighted by Crippen LogP contribution is -2.30. The highest BCUT2D eigenvalue weighted by Crippen LogP contribution is 2.14. The van der Waals surface area contributed by atoms with Gasteiger partial charge in [0.25, 0.3) is 0 Å². The number of carbonyl (C=O) groups is 1. The molecule has 0 aliphatic carbocycles. The van der Waals surface area contributed by atoms with E-state index in [1.165, 1.54) is 0 Å². The van der Waals surface area contributed by atoms with Crippen molar-refractivity contribution >= 4 is 5.91 Å². The zero-order valence-electron chi connectivity index (χ0n) is 9.85. The van der Waals surface area contributed by atoms with Gasteiger partial charge >= 0.3 is 0 Å². The highest BCUT2D eigenvalue weighted by Gasteiger charge is 2.18. The summed E-state index contributed by atoms with van der Waals surface area (Å²) in [4.78, 5) is 11.8. The van der Waals surface area contributed by atoms with Gasteiger partial charge in [0, 0.05) is 20.3 Å². The van der Waals surface area contributed by atoms with E-state index in [9.17, 15) is 4.79 Å². The molecule has 1 atom stereocenters. The number of carbonyl (C=O) groups excluding carboxylic acids is 1. The molecule has 0 saturated heterocycles. The highest BCUT2D eigenvalue weighted by atomic mass is 16.5. The van der Waals surface area contributed by atoms with Gasteiger partial charge in [-0.1, -0.05) is 30.3 Å². The molecule has 0 spiro atoms. The van der Waals surface area contributed by atoms with Gasteiger partial charge < -0.3 is 10.1 Å². The van der Waals surface area contributed by atoms with Crippen LogP contribution in [0.25, 0.3) is 0 Å². The van der Waals surface area contributed by atoms with Crippen LogP contribution in [-0.2, 0) is 9.53 Å². The van der Waals surface area contributed by atoms with Gasteiger partial charge in [-0.05, 0) is 12.0 Å².